The van der Waals surface area contributed by atoms with Crippen molar-refractivity contribution >= 4 is 11.5 Å². The maximum Gasteiger partial charge on any atom is 0.130 e. The Hall–Kier alpha value is -1.29. The highest BCUT2D eigenvalue weighted by atomic mass is 16.3. The van der Waals surface area contributed by atoms with E-state index in [0.29, 0.717) is 0 Å². The summed E-state index contributed by atoms with van der Waals surface area (Å²) in [6.45, 7) is 3.67. The number of nitrogens with zero attached hydrogens (tertiary/aromatic N) is 2. The van der Waals surface area contributed by atoms with Gasteiger partial charge in [0.15, 0.2) is 0 Å². The van der Waals surface area contributed by atoms with E-state index in [1.807, 2.05) is 13.0 Å². The van der Waals surface area contributed by atoms with E-state index in [1.54, 1.807) is 6.20 Å². The summed E-state index contributed by atoms with van der Waals surface area (Å²) in [5, 5.41) is 9.40. The van der Waals surface area contributed by atoms with Crippen LogP contribution < -0.4 is 10.6 Å². The van der Waals surface area contributed by atoms with Crippen molar-refractivity contribution < 1.29 is 5.11 Å². The first-order valence-electron chi connectivity index (χ1n) is 5.32. The summed E-state index contributed by atoms with van der Waals surface area (Å²) >= 11 is 0. The Labute approximate surface area is 89.7 Å². The van der Waals surface area contributed by atoms with Gasteiger partial charge in [0.25, 0.3) is 0 Å². The largest absolute Gasteiger partial charge is 0.398 e. The van der Waals surface area contributed by atoms with Crippen molar-refractivity contribution in [3.63, 3.8) is 0 Å². The van der Waals surface area contributed by atoms with E-state index in [0.717, 1.165) is 43.0 Å². The highest BCUT2D eigenvalue weighted by molar-refractivity contribution is 5.54. The lowest BCUT2D eigenvalue weighted by atomic mass is 10.1. The zero-order chi connectivity index (χ0) is 10.8. The summed E-state index contributed by atoms with van der Waals surface area (Å²) < 4.78 is 0. The Morgan fingerprint density at radius 1 is 1.47 bits per heavy atom. The molecule has 0 aliphatic carbocycles. The van der Waals surface area contributed by atoms with Crippen molar-refractivity contribution in [1.82, 2.24) is 4.98 Å². The van der Waals surface area contributed by atoms with Gasteiger partial charge < -0.3 is 15.7 Å². The van der Waals surface area contributed by atoms with Crippen molar-refractivity contribution in [1.29, 1.82) is 0 Å². The zero-order valence-electron chi connectivity index (χ0n) is 8.98. The van der Waals surface area contributed by atoms with Crippen LogP contribution in [0.4, 0.5) is 11.5 Å². The van der Waals surface area contributed by atoms with Gasteiger partial charge in [0.05, 0.1) is 6.10 Å². The normalized spacial score (nSPS) is 18.1. The fourth-order valence-electron chi connectivity index (χ4n) is 1.80. The lowest BCUT2D eigenvalue weighted by Gasteiger charge is -2.30. The van der Waals surface area contributed by atoms with Gasteiger partial charge in [0.2, 0.25) is 0 Å². The Morgan fingerprint density at radius 3 is 2.73 bits per heavy atom. The zero-order valence-corrected chi connectivity index (χ0v) is 8.98. The fourth-order valence-corrected chi connectivity index (χ4v) is 1.80. The number of aliphatic hydroxyl groups excluding tert-OH is 1. The van der Waals surface area contributed by atoms with Crippen LogP contribution in [-0.2, 0) is 0 Å². The first-order valence-corrected chi connectivity index (χ1v) is 5.32. The third-order valence-corrected chi connectivity index (χ3v) is 2.92. The molecule has 1 aliphatic heterocycles. The number of aromatic nitrogens is 1. The monoisotopic (exact) mass is 207 g/mol. The van der Waals surface area contributed by atoms with Crippen LogP contribution >= 0.6 is 0 Å². The van der Waals surface area contributed by atoms with Crippen LogP contribution in [-0.4, -0.2) is 29.3 Å². The number of aliphatic hydroxyl groups is 1. The molecular weight excluding hydrogens is 190 g/mol. The molecule has 0 aromatic carbocycles. The number of nitrogens with two attached hydrogens (primary N) is 1. The molecule has 1 aliphatic rings. The van der Waals surface area contributed by atoms with Gasteiger partial charge >= 0.3 is 0 Å². The van der Waals surface area contributed by atoms with E-state index in [4.69, 9.17) is 5.73 Å². The van der Waals surface area contributed by atoms with Crippen LogP contribution in [0.2, 0.25) is 0 Å². The van der Waals surface area contributed by atoms with Crippen molar-refractivity contribution in [3.8, 4) is 0 Å². The predicted octanol–water partition coefficient (Wildman–Crippen LogP) is 0.933. The summed E-state index contributed by atoms with van der Waals surface area (Å²) in [6, 6.07) is 1.91. The van der Waals surface area contributed by atoms with Gasteiger partial charge in [0.1, 0.15) is 5.82 Å². The van der Waals surface area contributed by atoms with Gasteiger partial charge in [-0.05, 0) is 25.3 Å². The molecule has 0 spiro atoms. The van der Waals surface area contributed by atoms with Crippen molar-refractivity contribution in [3.05, 3.63) is 17.8 Å². The first-order chi connectivity index (χ1) is 7.16. The number of hydrogen-bond donors (Lipinski definition) is 2. The maximum atomic E-state index is 9.40. The number of rotatable bonds is 1. The minimum Gasteiger partial charge on any atom is -0.398 e. The van der Waals surface area contributed by atoms with E-state index < -0.39 is 0 Å². The van der Waals surface area contributed by atoms with E-state index in [9.17, 15) is 5.11 Å². The second kappa shape index (κ2) is 4.06. The van der Waals surface area contributed by atoms with Gasteiger partial charge in [-0.3, -0.25) is 0 Å². The summed E-state index contributed by atoms with van der Waals surface area (Å²) in [5.41, 5.74) is 7.63. The summed E-state index contributed by atoms with van der Waals surface area (Å²) in [4.78, 5) is 6.52. The molecule has 0 radical (unpaired) electrons. The molecule has 82 valence electrons. The van der Waals surface area contributed by atoms with Gasteiger partial charge in [-0.2, -0.15) is 0 Å². The van der Waals surface area contributed by atoms with E-state index >= 15 is 0 Å². The Morgan fingerprint density at radius 2 is 2.13 bits per heavy atom. The van der Waals surface area contributed by atoms with E-state index in [2.05, 4.69) is 9.88 Å². The van der Waals surface area contributed by atoms with Crippen LogP contribution in [0.1, 0.15) is 18.4 Å². The summed E-state index contributed by atoms with van der Waals surface area (Å²) in [7, 11) is 0. The molecule has 0 bridgehead atoms. The lowest BCUT2D eigenvalue weighted by molar-refractivity contribution is 0.145. The highest BCUT2D eigenvalue weighted by Crippen LogP contribution is 2.21. The van der Waals surface area contributed by atoms with Crippen LogP contribution in [0.5, 0.6) is 0 Å². The molecule has 3 N–H and O–H groups in total. The van der Waals surface area contributed by atoms with Gasteiger partial charge in [-0.15, -0.1) is 0 Å². The molecule has 0 unspecified atom stereocenters. The number of hydrogen-bond acceptors (Lipinski definition) is 4. The first kappa shape index (κ1) is 10.2. The van der Waals surface area contributed by atoms with Crippen LogP contribution in [0, 0.1) is 6.92 Å². The molecule has 4 heteroatoms. The summed E-state index contributed by atoms with van der Waals surface area (Å²) in [6.07, 6.45) is 3.28. The van der Waals surface area contributed by atoms with Crippen molar-refractivity contribution in [2.75, 3.05) is 23.7 Å². The maximum absolute atomic E-state index is 9.40. The van der Waals surface area contributed by atoms with Gasteiger partial charge in [-0.1, -0.05) is 0 Å². The number of piperidine rings is 1. The average molecular weight is 207 g/mol. The SMILES string of the molecule is Cc1cnc(N2CCC(O)CC2)cc1N. The van der Waals surface area contributed by atoms with Gasteiger partial charge in [0, 0.05) is 31.0 Å². The molecular formula is C11H17N3O. The lowest BCUT2D eigenvalue weighted by Crippen LogP contribution is -2.36. The number of nitrogen functional groups attached to an aromatic ring is 1. The fraction of sp³-hybridized carbons (Fsp3) is 0.545. The van der Waals surface area contributed by atoms with Crippen LogP contribution in [0.25, 0.3) is 0 Å². The highest BCUT2D eigenvalue weighted by Gasteiger charge is 2.18. The third kappa shape index (κ3) is 2.21. The number of pyridine rings is 1. The molecule has 1 fully saturated rings. The molecule has 1 saturated heterocycles. The molecule has 1 aromatic rings. The Bertz CT molecular complexity index is 346. The number of anilines is 2. The molecule has 4 nitrogen and oxygen atoms in total. The minimum atomic E-state index is -0.149. The Balaban J connectivity index is 2.12. The van der Waals surface area contributed by atoms with E-state index in [-0.39, 0.29) is 6.10 Å². The molecule has 0 amide bonds. The second-order valence-corrected chi connectivity index (χ2v) is 4.12. The van der Waals surface area contributed by atoms with Crippen LogP contribution in [0.3, 0.4) is 0 Å². The van der Waals surface area contributed by atoms with Crippen molar-refractivity contribution in [2.45, 2.75) is 25.9 Å². The molecule has 0 atom stereocenters. The number of aryl methyl sites for hydroxylation is 1. The minimum absolute atomic E-state index is 0.149. The molecule has 2 rings (SSSR count). The molecule has 1 aromatic heterocycles. The predicted molar refractivity (Wildman–Crippen MR) is 60.8 cm³/mol. The van der Waals surface area contributed by atoms with Crippen LogP contribution in [0.15, 0.2) is 12.3 Å². The third-order valence-electron chi connectivity index (χ3n) is 2.92. The topological polar surface area (TPSA) is 62.4 Å². The van der Waals surface area contributed by atoms with E-state index in [1.165, 1.54) is 0 Å². The quantitative estimate of drug-likeness (QED) is 0.719. The standard InChI is InChI=1S/C11H17N3O/c1-8-7-13-11(6-10(8)12)14-4-2-9(15)3-5-14/h6-7,9,15H,2-5H2,1H3,(H2,12,13). The molecule has 0 saturated carbocycles. The van der Waals surface area contributed by atoms with Crippen molar-refractivity contribution in [2.24, 2.45) is 0 Å². The smallest absolute Gasteiger partial charge is 0.130 e. The summed E-state index contributed by atoms with van der Waals surface area (Å²) in [5.74, 6) is 0.921. The Kier molecular flexibility index (Phi) is 2.77. The molecule has 15 heavy (non-hydrogen) atoms. The molecule has 2 heterocycles. The second-order valence-electron chi connectivity index (χ2n) is 4.12. The van der Waals surface area contributed by atoms with Gasteiger partial charge in [-0.25, -0.2) is 4.98 Å². The average Bonchev–Trinajstić information content (AvgIpc) is 2.23.